The molecule has 27 heavy (non-hydrogen) atoms. The van der Waals surface area contributed by atoms with Crippen LogP contribution in [0, 0.1) is 23.1 Å². The Kier molecular flexibility index (Phi) is 7.17. The molecule has 1 heterocycles. The van der Waals surface area contributed by atoms with Gasteiger partial charge in [-0.25, -0.2) is 9.18 Å². The van der Waals surface area contributed by atoms with Gasteiger partial charge in [-0.15, -0.1) is 0 Å². The number of dihydropyridines is 1. The van der Waals surface area contributed by atoms with Gasteiger partial charge in [0.05, 0.1) is 42.0 Å². The first-order chi connectivity index (χ1) is 12.8. The maximum absolute atomic E-state index is 13.6. The molecule has 0 radical (unpaired) electrons. The summed E-state index contributed by atoms with van der Waals surface area (Å²) in [6.07, 6.45) is 0. The molecule has 2 rings (SSSR count). The van der Waals surface area contributed by atoms with E-state index in [9.17, 15) is 14.4 Å². The second-order valence-electron chi connectivity index (χ2n) is 6.69. The van der Waals surface area contributed by atoms with E-state index in [4.69, 9.17) is 9.47 Å². The van der Waals surface area contributed by atoms with Gasteiger partial charge in [0.15, 0.2) is 0 Å². The molecule has 0 aliphatic carbocycles. The lowest BCUT2D eigenvalue weighted by atomic mass is 9.81. The van der Waals surface area contributed by atoms with Gasteiger partial charge in [0.2, 0.25) is 0 Å². The minimum Gasteiger partial charge on any atom is -0.462 e. The first kappa shape index (κ1) is 21.1. The number of methoxy groups -OCH3 is 1. The Labute approximate surface area is 167 Å². The van der Waals surface area contributed by atoms with Gasteiger partial charge in [-0.3, -0.25) is 0 Å². The third-order valence-electron chi connectivity index (χ3n) is 4.10. The number of nitriles is 1. The van der Waals surface area contributed by atoms with Gasteiger partial charge in [0.1, 0.15) is 5.82 Å². The van der Waals surface area contributed by atoms with Crippen LogP contribution in [-0.4, -0.2) is 26.3 Å². The molecule has 0 amide bonds. The lowest BCUT2D eigenvalue weighted by Crippen LogP contribution is -2.32. The summed E-state index contributed by atoms with van der Waals surface area (Å²) in [5, 5.41) is 12.8. The van der Waals surface area contributed by atoms with E-state index in [0.29, 0.717) is 32.6 Å². The largest absolute Gasteiger partial charge is 0.462 e. The molecular formula is C20H22BrFN2O3. The minimum absolute atomic E-state index is 0.150. The molecule has 1 aromatic rings. The van der Waals surface area contributed by atoms with Gasteiger partial charge in [0.25, 0.3) is 0 Å². The number of hydrogen-bond donors (Lipinski definition) is 1. The van der Waals surface area contributed by atoms with Gasteiger partial charge >= 0.3 is 5.97 Å². The number of halogens is 2. The van der Waals surface area contributed by atoms with E-state index in [2.05, 4.69) is 27.3 Å². The smallest absolute Gasteiger partial charge is 0.336 e. The number of rotatable bonds is 6. The number of ether oxygens (including phenoxy) is 2. The van der Waals surface area contributed by atoms with E-state index in [0.717, 1.165) is 0 Å². The van der Waals surface area contributed by atoms with Gasteiger partial charge in [0, 0.05) is 17.3 Å². The van der Waals surface area contributed by atoms with Crippen molar-refractivity contribution in [3.63, 3.8) is 0 Å². The van der Waals surface area contributed by atoms with Crippen LogP contribution in [0.3, 0.4) is 0 Å². The topological polar surface area (TPSA) is 71.3 Å². The average molecular weight is 437 g/mol. The fraction of sp³-hybridized carbons (Fsp3) is 0.400. The average Bonchev–Trinajstić information content (AvgIpc) is 2.59. The Morgan fingerprint density at radius 1 is 1.44 bits per heavy atom. The van der Waals surface area contributed by atoms with Gasteiger partial charge in [-0.1, -0.05) is 35.8 Å². The first-order valence-corrected chi connectivity index (χ1v) is 9.31. The zero-order valence-corrected chi connectivity index (χ0v) is 17.3. The Bertz CT molecular complexity index is 840. The van der Waals surface area contributed by atoms with Crippen LogP contribution in [0.1, 0.15) is 32.3 Å². The summed E-state index contributed by atoms with van der Waals surface area (Å²) in [6, 6.07) is 6.37. The van der Waals surface area contributed by atoms with E-state index in [1.165, 1.54) is 19.2 Å². The van der Waals surface area contributed by atoms with Gasteiger partial charge in [-0.2, -0.15) is 5.26 Å². The number of nitrogens with one attached hydrogen (secondary N) is 1. The summed E-state index contributed by atoms with van der Waals surface area (Å²) >= 11 is 3.36. The van der Waals surface area contributed by atoms with Crippen molar-refractivity contribution < 1.29 is 18.7 Å². The van der Waals surface area contributed by atoms with Gasteiger partial charge < -0.3 is 14.8 Å². The summed E-state index contributed by atoms with van der Waals surface area (Å²) < 4.78 is 24.7. The second kappa shape index (κ2) is 9.16. The molecule has 1 atom stereocenters. The van der Waals surface area contributed by atoms with E-state index >= 15 is 0 Å². The minimum atomic E-state index is -0.684. The van der Waals surface area contributed by atoms with Crippen LogP contribution in [0.4, 0.5) is 4.39 Å². The predicted molar refractivity (Wildman–Crippen MR) is 103 cm³/mol. The van der Waals surface area contributed by atoms with Crippen molar-refractivity contribution in [2.24, 2.45) is 5.92 Å². The molecule has 1 aromatic carbocycles. The Morgan fingerprint density at radius 3 is 2.70 bits per heavy atom. The number of esters is 1. The molecule has 0 saturated carbocycles. The molecule has 1 N–H and O–H groups in total. The summed E-state index contributed by atoms with van der Waals surface area (Å²) in [5.41, 5.74) is 2.43. The number of carbonyl (C=O) groups is 1. The summed E-state index contributed by atoms with van der Waals surface area (Å²) in [5.74, 6) is -1.45. The van der Waals surface area contributed by atoms with Crippen LogP contribution >= 0.6 is 15.9 Å². The zero-order valence-electron chi connectivity index (χ0n) is 15.7. The van der Waals surface area contributed by atoms with Crippen LogP contribution in [0.25, 0.3) is 0 Å². The molecule has 0 spiro atoms. The molecular weight excluding hydrogens is 415 g/mol. The fourth-order valence-electron chi connectivity index (χ4n) is 2.91. The maximum Gasteiger partial charge on any atom is 0.336 e. The number of nitrogens with zero attached hydrogens (tertiary/aromatic N) is 1. The molecule has 7 heteroatoms. The molecule has 1 aliphatic rings. The van der Waals surface area contributed by atoms with Crippen molar-refractivity contribution >= 4 is 21.9 Å². The third-order valence-corrected chi connectivity index (χ3v) is 4.78. The maximum atomic E-state index is 13.6. The lowest BCUT2D eigenvalue weighted by Gasteiger charge is -2.30. The second-order valence-corrected chi connectivity index (χ2v) is 7.55. The van der Waals surface area contributed by atoms with E-state index in [1.54, 1.807) is 13.0 Å². The van der Waals surface area contributed by atoms with E-state index < -0.39 is 17.7 Å². The number of hydrogen-bond acceptors (Lipinski definition) is 5. The predicted octanol–water partition coefficient (Wildman–Crippen LogP) is 4.17. The Hall–Kier alpha value is -2.17. The van der Waals surface area contributed by atoms with Crippen molar-refractivity contribution in [1.29, 1.82) is 5.26 Å². The summed E-state index contributed by atoms with van der Waals surface area (Å²) in [4.78, 5) is 12.9. The fourth-order valence-corrected chi connectivity index (χ4v) is 3.49. The quantitative estimate of drug-likeness (QED) is 0.677. The highest BCUT2D eigenvalue weighted by Crippen LogP contribution is 2.41. The monoisotopic (exact) mass is 436 g/mol. The Morgan fingerprint density at radius 2 is 2.15 bits per heavy atom. The van der Waals surface area contributed by atoms with Crippen LogP contribution in [0.15, 0.2) is 45.2 Å². The Balaban J connectivity index is 2.63. The van der Waals surface area contributed by atoms with E-state index in [-0.39, 0.29) is 19.1 Å². The highest BCUT2D eigenvalue weighted by atomic mass is 79.9. The molecule has 1 aliphatic heterocycles. The highest BCUT2D eigenvalue weighted by molar-refractivity contribution is 9.10. The molecule has 0 bridgehead atoms. The molecule has 1 unspecified atom stereocenters. The lowest BCUT2D eigenvalue weighted by molar-refractivity contribution is -0.140. The highest BCUT2D eigenvalue weighted by Gasteiger charge is 2.36. The van der Waals surface area contributed by atoms with Crippen LogP contribution in [0.5, 0.6) is 0 Å². The first-order valence-electron chi connectivity index (χ1n) is 8.52. The molecule has 144 valence electrons. The normalized spacial score (nSPS) is 17.0. The van der Waals surface area contributed by atoms with Gasteiger partial charge in [-0.05, 0) is 30.5 Å². The van der Waals surface area contributed by atoms with Crippen molar-refractivity contribution in [3.8, 4) is 6.07 Å². The van der Waals surface area contributed by atoms with Crippen LogP contribution in [0.2, 0.25) is 0 Å². The van der Waals surface area contributed by atoms with Crippen molar-refractivity contribution in [2.45, 2.75) is 26.7 Å². The zero-order chi connectivity index (χ0) is 20.1. The van der Waals surface area contributed by atoms with E-state index in [1.807, 2.05) is 13.8 Å². The van der Waals surface area contributed by atoms with Crippen molar-refractivity contribution in [3.05, 3.63) is 56.6 Å². The SMILES string of the molecule is COCC1=C(C(=O)OCC(C)C)C(c2ccc(F)cc2Br)C(C#N)=C(C)N1. The molecule has 0 aromatic heterocycles. The molecule has 0 saturated heterocycles. The van der Waals surface area contributed by atoms with Crippen molar-refractivity contribution in [1.82, 2.24) is 5.32 Å². The summed E-state index contributed by atoms with van der Waals surface area (Å²) in [7, 11) is 1.52. The third kappa shape index (κ3) is 4.76. The standard InChI is InChI=1S/C20H22BrFN2O3/c1-11(2)9-27-20(25)19-17(10-26-4)24-12(3)15(8-23)18(19)14-6-5-13(22)7-16(14)21/h5-7,11,18,24H,9-10H2,1-4H3. The number of benzene rings is 1. The van der Waals surface area contributed by atoms with Crippen molar-refractivity contribution in [2.75, 3.05) is 20.3 Å². The summed E-state index contributed by atoms with van der Waals surface area (Å²) in [6.45, 7) is 6.04. The van der Waals surface area contributed by atoms with Crippen LogP contribution in [-0.2, 0) is 14.3 Å². The molecule has 0 fully saturated rings. The number of carbonyl (C=O) groups excluding carboxylic acids is 1. The molecule has 5 nitrogen and oxygen atoms in total. The van der Waals surface area contributed by atoms with Crippen LogP contribution < -0.4 is 5.32 Å². The number of allylic oxidation sites excluding steroid dienone is 2.